The van der Waals surface area contributed by atoms with Crippen LogP contribution in [0.1, 0.15) is 75.7 Å². The van der Waals surface area contributed by atoms with Crippen LogP contribution in [0.2, 0.25) is 0 Å². The van der Waals surface area contributed by atoms with Crippen LogP contribution >= 0.6 is 0 Å². The van der Waals surface area contributed by atoms with Gasteiger partial charge in [-0.05, 0) is 60.6 Å². The number of nitrogens with one attached hydrogen (secondary N) is 2. The Kier molecular flexibility index (Phi) is 6.36. The number of ether oxygens (including phenoxy) is 1. The highest BCUT2D eigenvalue weighted by Crippen LogP contribution is 2.40. The van der Waals surface area contributed by atoms with Crippen molar-refractivity contribution in [3.05, 3.63) is 69.8 Å². The van der Waals surface area contributed by atoms with Crippen LogP contribution in [-0.2, 0) is 4.74 Å². The quantitative estimate of drug-likeness (QED) is 0.663. The third kappa shape index (κ3) is 4.31. The first kappa shape index (κ1) is 22.6. The third-order valence-corrected chi connectivity index (χ3v) is 7.34. The Morgan fingerprint density at radius 3 is 2.62 bits per heavy atom. The zero-order valence-corrected chi connectivity index (χ0v) is 19.8. The van der Waals surface area contributed by atoms with E-state index in [1.165, 1.54) is 30.4 Å². The van der Waals surface area contributed by atoms with Crippen molar-refractivity contribution in [2.75, 3.05) is 26.8 Å². The number of nitriles is 1. The third-order valence-electron chi connectivity index (χ3n) is 7.34. The first-order valence-electron chi connectivity index (χ1n) is 12.1. The van der Waals surface area contributed by atoms with E-state index < -0.39 is 0 Å². The van der Waals surface area contributed by atoms with Gasteiger partial charge >= 0.3 is 0 Å². The van der Waals surface area contributed by atoms with Crippen molar-refractivity contribution in [2.45, 2.75) is 50.6 Å². The minimum Gasteiger partial charge on any atom is -0.385 e. The van der Waals surface area contributed by atoms with Gasteiger partial charge < -0.3 is 15.1 Å². The zero-order chi connectivity index (χ0) is 23.7. The lowest BCUT2D eigenvalue weighted by atomic mass is 9.77. The van der Waals surface area contributed by atoms with E-state index in [0.717, 1.165) is 28.9 Å². The maximum absolute atomic E-state index is 13.5. The molecule has 7 heteroatoms. The van der Waals surface area contributed by atoms with E-state index in [0.29, 0.717) is 37.1 Å². The predicted molar refractivity (Wildman–Crippen MR) is 131 cm³/mol. The number of hydrogen-bond acceptors (Lipinski definition) is 6. The van der Waals surface area contributed by atoms with Crippen LogP contribution in [-0.4, -0.2) is 49.6 Å². The molecule has 2 aliphatic heterocycles. The van der Waals surface area contributed by atoms with Gasteiger partial charge in [0.15, 0.2) is 0 Å². The lowest BCUT2D eigenvalue weighted by Gasteiger charge is -2.40. The maximum Gasteiger partial charge on any atom is 0.254 e. The van der Waals surface area contributed by atoms with Gasteiger partial charge in [0, 0.05) is 50.3 Å². The van der Waals surface area contributed by atoms with E-state index >= 15 is 0 Å². The topological polar surface area (TPSA) is 89.8 Å². The first-order valence-corrected chi connectivity index (χ1v) is 12.1. The van der Waals surface area contributed by atoms with Crippen LogP contribution < -0.4 is 10.9 Å². The highest BCUT2D eigenvalue weighted by molar-refractivity contribution is 6.04. The monoisotopic (exact) mass is 457 g/mol. The number of carbonyl (C=O) groups is 1. The zero-order valence-electron chi connectivity index (χ0n) is 19.8. The number of methoxy groups -OCH3 is 1. The number of carbonyl (C=O) groups excluding carboxylic acids is 1. The Morgan fingerprint density at radius 1 is 1.21 bits per heavy atom. The number of rotatable bonds is 7. The predicted octanol–water partition coefficient (Wildman–Crippen LogP) is 3.59. The number of hydrogen-bond donors (Lipinski definition) is 2. The average molecular weight is 458 g/mol. The number of amidine groups is 1. The molecule has 0 aromatic heterocycles. The molecule has 2 aromatic rings. The van der Waals surface area contributed by atoms with E-state index in [9.17, 15) is 4.79 Å². The van der Waals surface area contributed by atoms with E-state index in [1.54, 1.807) is 7.11 Å². The van der Waals surface area contributed by atoms with Crippen molar-refractivity contribution in [3.8, 4) is 6.07 Å². The van der Waals surface area contributed by atoms with Crippen LogP contribution in [0.25, 0.3) is 0 Å². The second kappa shape index (κ2) is 9.57. The summed E-state index contributed by atoms with van der Waals surface area (Å²) in [5.74, 6) is 1.74. The molecule has 0 spiro atoms. The van der Waals surface area contributed by atoms with Crippen LogP contribution in [0, 0.1) is 18.3 Å². The van der Waals surface area contributed by atoms with E-state index in [-0.39, 0.29) is 12.1 Å². The van der Waals surface area contributed by atoms with Crippen LogP contribution in [0.4, 0.5) is 0 Å². The minimum absolute atomic E-state index is 0.0341. The fourth-order valence-electron chi connectivity index (χ4n) is 4.95. The number of nitrogens with zero attached hydrogens (tertiary/aromatic N) is 3. The molecule has 2 heterocycles. The molecule has 34 heavy (non-hydrogen) atoms. The van der Waals surface area contributed by atoms with Gasteiger partial charge in [0.05, 0.1) is 11.6 Å². The summed E-state index contributed by atoms with van der Waals surface area (Å²) in [4.78, 5) is 20.2. The van der Waals surface area contributed by atoms with Gasteiger partial charge in [0.1, 0.15) is 12.0 Å². The lowest BCUT2D eigenvalue weighted by molar-refractivity contribution is 0.0601. The molecule has 1 saturated carbocycles. The van der Waals surface area contributed by atoms with Gasteiger partial charge in [0.25, 0.3) is 5.91 Å². The van der Waals surface area contributed by atoms with Crippen molar-refractivity contribution in [3.63, 3.8) is 0 Å². The number of amides is 1. The summed E-state index contributed by atoms with van der Waals surface area (Å²) in [6.07, 6.45) is 4.38. The van der Waals surface area contributed by atoms with Crippen LogP contribution in [0.3, 0.4) is 0 Å². The summed E-state index contributed by atoms with van der Waals surface area (Å²) in [5.41, 5.74) is 12.4. The van der Waals surface area contributed by atoms with Crippen molar-refractivity contribution in [1.82, 2.24) is 15.8 Å². The lowest BCUT2D eigenvalue weighted by Crippen LogP contribution is -2.48. The standard InChI is InChI=1S/C27H31N5O2/c1-17-12-23(20-4-3-5-20)24(26-29-25(30-31-26)10-11-34-2)13-22(17)27(33)32-15-21(16-32)19-8-6-18(14-28)7-9-19/h6-9,12-13,20-21,25,30H,3-5,10-11,15-16H2,1-2H3,(H,29,31). The average Bonchev–Trinajstić information content (AvgIpc) is 3.25. The fraction of sp³-hybridized carbons (Fsp3) is 0.444. The number of benzene rings is 2. The molecular weight excluding hydrogens is 426 g/mol. The number of aliphatic imine (C=N–C) groups is 1. The molecule has 1 atom stereocenters. The summed E-state index contributed by atoms with van der Waals surface area (Å²) < 4.78 is 5.20. The normalized spacial score (nSPS) is 20.2. The van der Waals surface area contributed by atoms with E-state index in [2.05, 4.69) is 23.0 Å². The van der Waals surface area contributed by atoms with Crippen LogP contribution in [0.15, 0.2) is 41.4 Å². The number of hydrazine groups is 1. The van der Waals surface area contributed by atoms with Gasteiger partial charge in [-0.15, -0.1) is 0 Å². The Hall–Kier alpha value is -3.21. The Balaban J connectivity index is 1.36. The Labute approximate surface area is 200 Å². The van der Waals surface area contributed by atoms with Crippen molar-refractivity contribution >= 4 is 11.7 Å². The van der Waals surface area contributed by atoms with E-state index in [4.69, 9.17) is 15.0 Å². The van der Waals surface area contributed by atoms with Gasteiger partial charge in [0.2, 0.25) is 0 Å². The molecule has 7 nitrogen and oxygen atoms in total. The highest BCUT2D eigenvalue weighted by Gasteiger charge is 2.34. The van der Waals surface area contributed by atoms with E-state index in [1.807, 2.05) is 42.2 Å². The van der Waals surface area contributed by atoms with Crippen LogP contribution in [0.5, 0.6) is 0 Å². The summed E-state index contributed by atoms with van der Waals surface area (Å²) in [5, 5.41) is 9.01. The molecule has 1 unspecified atom stereocenters. The Bertz CT molecular complexity index is 1140. The minimum atomic E-state index is -0.0341. The molecule has 176 valence electrons. The van der Waals surface area contributed by atoms with Crippen molar-refractivity contribution < 1.29 is 9.53 Å². The first-order chi connectivity index (χ1) is 16.6. The maximum atomic E-state index is 13.5. The Morgan fingerprint density at radius 2 is 1.97 bits per heavy atom. The smallest absolute Gasteiger partial charge is 0.254 e. The second-order valence-electron chi connectivity index (χ2n) is 9.57. The number of aryl methyl sites for hydroxylation is 1. The fourth-order valence-corrected chi connectivity index (χ4v) is 4.95. The molecule has 5 rings (SSSR count). The molecule has 2 N–H and O–H groups in total. The summed E-state index contributed by atoms with van der Waals surface area (Å²) in [6.45, 7) is 4.08. The van der Waals surface area contributed by atoms with Gasteiger partial charge in [-0.2, -0.15) is 5.26 Å². The van der Waals surface area contributed by atoms with Crippen molar-refractivity contribution in [1.29, 1.82) is 5.26 Å². The molecular formula is C27H31N5O2. The summed E-state index contributed by atoms with van der Waals surface area (Å²) >= 11 is 0. The molecule has 1 amide bonds. The molecule has 3 aliphatic rings. The van der Waals surface area contributed by atoms with Gasteiger partial charge in [-0.3, -0.25) is 4.79 Å². The summed E-state index contributed by atoms with van der Waals surface area (Å²) in [7, 11) is 1.70. The SMILES string of the molecule is COCCC1N=C(c2cc(C(=O)N3CC(c4ccc(C#N)cc4)C3)c(C)cc2C2CCC2)NN1. The largest absolute Gasteiger partial charge is 0.385 e. The highest BCUT2D eigenvalue weighted by atomic mass is 16.5. The molecule has 2 aromatic carbocycles. The molecule has 0 bridgehead atoms. The molecule has 1 saturated heterocycles. The molecule has 1 aliphatic carbocycles. The molecule has 2 fully saturated rings. The molecule has 0 radical (unpaired) electrons. The second-order valence-corrected chi connectivity index (χ2v) is 9.57. The van der Waals surface area contributed by atoms with Crippen molar-refractivity contribution in [2.24, 2.45) is 4.99 Å². The number of likely N-dealkylation sites (tertiary alicyclic amines) is 1. The summed E-state index contributed by atoms with van der Waals surface area (Å²) in [6, 6.07) is 14.1. The van der Waals surface area contributed by atoms with Gasteiger partial charge in [-0.25, -0.2) is 10.4 Å². The van der Waals surface area contributed by atoms with Gasteiger partial charge in [-0.1, -0.05) is 24.6 Å².